The number of hydrogen-bond donors (Lipinski definition) is 0. The van der Waals surface area contributed by atoms with E-state index in [1.54, 1.807) is 48.5 Å². The topological polar surface area (TPSA) is 88.4 Å². The number of benzene rings is 2. The molecule has 1 aliphatic rings. The molecule has 1 fully saturated rings. The lowest BCUT2D eigenvalue weighted by Gasteiger charge is -2.27. The van der Waals surface area contributed by atoms with Crippen LogP contribution in [0.5, 0.6) is 5.88 Å². The number of ether oxygens (including phenoxy) is 3. The molecular formula is C31H24BrClF2N4O4. The Morgan fingerprint density at radius 1 is 1.09 bits per heavy atom. The van der Waals surface area contributed by atoms with Crippen molar-refractivity contribution in [2.24, 2.45) is 0 Å². The Hall–Kier alpha value is -3.93. The van der Waals surface area contributed by atoms with E-state index in [2.05, 4.69) is 30.9 Å². The van der Waals surface area contributed by atoms with Crippen LogP contribution < -0.4 is 4.74 Å². The molecule has 12 heteroatoms. The number of nitrogens with zero attached hydrogens (tertiary/aromatic N) is 4. The van der Waals surface area contributed by atoms with Gasteiger partial charge in [0.05, 0.1) is 52.2 Å². The molecule has 0 bridgehead atoms. The highest BCUT2D eigenvalue weighted by molar-refractivity contribution is 9.10. The van der Waals surface area contributed by atoms with Crippen LogP contribution >= 0.6 is 27.5 Å². The SMILES string of the molecule is COC(=O)c1ccc2nc(Cc3cc(F)c(-c4cccc(OCc5ccc(Br)c(Cl)n5)n4)cc3F)n(CC3CCO3)c2c1. The van der Waals surface area contributed by atoms with Crippen molar-refractivity contribution in [1.82, 2.24) is 19.5 Å². The van der Waals surface area contributed by atoms with Crippen LogP contribution in [0.4, 0.5) is 8.78 Å². The van der Waals surface area contributed by atoms with Crippen molar-refractivity contribution in [2.75, 3.05) is 13.7 Å². The van der Waals surface area contributed by atoms with E-state index in [0.717, 1.165) is 18.6 Å². The summed E-state index contributed by atoms with van der Waals surface area (Å²) < 4.78 is 49.7. The number of rotatable bonds is 9. The Balaban J connectivity index is 1.27. The van der Waals surface area contributed by atoms with Crippen LogP contribution in [0, 0.1) is 11.6 Å². The molecule has 1 atom stereocenters. The van der Waals surface area contributed by atoms with Gasteiger partial charge in [-0.2, -0.15) is 0 Å². The second-order valence-electron chi connectivity index (χ2n) is 9.94. The molecule has 4 heterocycles. The number of carbonyl (C=O) groups is 1. The number of methoxy groups -OCH3 is 1. The summed E-state index contributed by atoms with van der Waals surface area (Å²) in [5.41, 5.74) is 2.61. The summed E-state index contributed by atoms with van der Waals surface area (Å²) in [4.78, 5) is 25.4. The van der Waals surface area contributed by atoms with Crippen LogP contribution in [0.3, 0.4) is 0 Å². The molecule has 0 N–H and O–H groups in total. The molecule has 8 nitrogen and oxygen atoms in total. The summed E-state index contributed by atoms with van der Waals surface area (Å²) >= 11 is 9.34. The molecule has 220 valence electrons. The normalized spacial score (nSPS) is 14.5. The van der Waals surface area contributed by atoms with Gasteiger partial charge in [-0.3, -0.25) is 0 Å². The fourth-order valence-electron chi connectivity index (χ4n) is 4.81. The number of carbonyl (C=O) groups excluding carboxylic acids is 1. The number of fused-ring (bicyclic) bond motifs is 1. The van der Waals surface area contributed by atoms with Crippen LogP contribution in [0.15, 0.2) is 65.1 Å². The van der Waals surface area contributed by atoms with E-state index in [1.807, 2.05) is 4.57 Å². The summed E-state index contributed by atoms with van der Waals surface area (Å²) in [6.45, 7) is 1.22. The van der Waals surface area contributed by atoms with E-state index in [-0.39, 0.29) is 41.8 Å². The van der Waals surface area contributed by atoms with Crippen LogP contribution in [0.1, 0.15) is 33.9 Å². The third-order valence-electron chi connectivity index (χ3n) is 7.14. The van der Waals surface area contributed by atoms with Crippen LogP contribution in [0.25, 0.3) is 22.3 Å². The fourth-order valence-corrected chi connectivity index (χ4v) is 5.20. The molecule has 1 aliphatic heterocycles. The van der Waals surface area contributed by atoms with Crippen molar-refractivity contribution >= 4 is 44.5 Å². The van der Waals surface area contributed by atoms with Crippen LogP contribution in [-0.2, 0) is 29.0 Å². The van der Waals surface area contributed by atoms with Gasteiger partial charge in [0.15, 0.2) is 0 Å². The molecule has 0 amide bonds. The van der Waals surface area contributed by atoms with E-state index in [9.17, 15) is 4.79 Å². The molecule has 43 heavy (non-hydrogen) atoms. The number of halogens is 4. The van der Waals surface area contributed by atoms with Gasteiger partial charge in [0.25, 0.3) is 0 Å². The second kappa shape index (κ2) is 12.4. The Bertz CT molecular complexity index is 1850. The number of aromatic nitrogens is 4. The molecule has 0 saturated carbocycles. The molecule has 5 aromatic rings. The number of pyridine rings is 2. The molecule has 3 aromatic heterocycles. The van der Waals surface area contributed by atoms with Crippen molar-refractivity contribution < 1.29 is 27.8 Å². The summed E-state index contributed by atoms with van der Waals surface area (Å²) in [6.07, 6.45) is 0.868. The highest BCUT2D eigenvalue weighted by Crippen LogP contribution is 2.29. The Morgan fingerprint density at radius 3 is 2.67 bits per heavy atom. The zero-order chi connectivity index (χ0) is 30.1. The van der Waals surface area contributed by atoms with Gasteiger partial charge in [-0.25, -0.2) is 28.5 Å². The van der Waals surface area contributed by atoms with E-state index >= 15 is 8.78 Å². The maximum atomic E-state index is 15.5. The first kappa shape index (κ1) is 29.2. The molecule has 1 saturated heterocycles. The van der Waals surface area contributed by atoms with E-state index in [0.29, 0.717) is 50.9 Å². The maximum Gasteiger partial charge on any atom is 0.337 e. The molecule has 1 unspecified atom stereocenters. The number of hydrogen-bond acceptors (Lipinski definition) is 7. The van der Waals surface area contributed by atoms with Crippen molar-refractivity contribution in [3.63, 3.8) is 0 Å². The van der Waals surface area contributed by atoms with Gasteiger partial charge in [0, 0.05) is 24.7 Å². The first-order chi connectivity index (χ1) is 20.8. The van der Waals surface area contributed by atoms with E-state index < -0.39 is 17.6 Å². The maximum absolute atomic E-state index is 15.5. The smallest absolute Gasteiger partial charge is 0.337 e. The van der Waals surface area contributed by atoms with Gasteiger partial charge >= 0.3 is 5.97 Å². The highest BCUT2D eigenvalue weighted by Gasteiger charge is 2.24. The summed E-state index contributed by atoms with van der Waals surface area (Å²) in [5.74, 6) is -0.973. The Kier molecular flexibility index (Phi) is 8.38. The quantitative estimate of drug-likeness (QED) is 0.124. The lowest BCUT2D eigenvalue weighted by molar-refractivity contribution is -0.0589. The molecule has 0 spiro atoms. The largest absolute Gasteiger partial charge is 0.471 e. The van der Waals surface area contributed by atoms with Gasteiger partial charge in [0.2, 0.25) is 5.88 Å². The van der Waals surface area contributed by atoms with Crippen LogP contribution in [0.2, 0.25) is 5.15 Å². The van der Waals surface area contributed by atoms with Crippen LogP contribution in [-0.4, -0.2) is 45.3 Å². The second-order valence-corrected chi connectivity index (χ2v) is 11.2. The number of esters is 1. The van der Waals surface area contributed by atoms with Crippen molar-refractivity contribution in [2.45, 2.75) is 32.1 Å². The standard InChI is InChI=1S/C31H24BrClF2N4O4/c1-41-31(40)17-5-8-26-27(12-17)39(15-20-9-10-42-20)28(37-26)13-18-11-24(35)21(14-23(18)34)25-3-2-4-29(38-25)43-16-19-6-7-22(32)30(33)36-19/h2-8,11-12,14,20H,9-10,13,15-16H2,1H3. The van der Waals surface area contributed by atoms with Crippen molar-refractivity contribution in [1.29, 1.82) is 0 Å². The highest BCUT2D eigenvalue weighted by atomic mass is 79.9. The predicted molar refractivity (Wildman–Crippen MR) is 159 cm³/mol. The third kappa shape index (κ3) is 6.24. The molecule has 2 aromatic carbocycles. The minimum Gasteiger partial charge on any atom is -0.471 e. The summed E-state index contributed by atoms with van der Waals surface area (Å²) in [5, 5.41) is 0.304. The van der Waals surface area contributed by atoms with Crippen molar-refractivity contribution in [3.8, 4) is 17.1 Å². The molecule has 0 radical (unpaired) electrons. The van der Waals surface area contributed by atoms with Crippen molar-refractivity contribution in [3.05, 3.63) is 105 Å². The first-order valence-corrected chi connectivity index (χ1v) is 14.5. The average molecular weight is 670 g/mol. The number of imidazole rings is 1. The Labute approximate surface area is 258 Å². The summed E-state index contributed by atoms with van der Waals surface area (Å²) in [6, 6.07) is 15.7. The first-order valence-electron chi connectivity index (χ1n) is 13.4. The van der Waals surface area contributed by atoms with Gasteiger partial charge in [-0.15, -0.1) is 0 Å². The third-order valence-corrected chi connectivity index (χ3v) is 8.30. The zero-order valence-corrected chi connectivity index (χ0v) is 25.2. The summed E-state index contributed by atoms with van der Waals surface area (Å²) in [7, 11) is 1.31. The van der Waals surface area contributed by atoms with Gasteiger partial charge in [-0.1, -0.05) is 17.7 Å². The lowest BCUT2D eigenvalue weighted by Crippen LogP contribution is -2.31. The molecule has 0 aliphatic carbocycles. The average Bonchev–Trinajstić information content (AvgIpc) is 3.32. The molecule has 6 rings (SSSR count). The van der Waals surface area contributed by atoms with Gasteiger partial charge in [0.1, 0.15) is 29.2 Å². The fraction of sp³-hybridized carbons (Fsp3) is 0.226. The zero-order valence-electron chi connectivity index (χ0n) is 22.8. The van der Waals surface area contributed by atoms with E-state index in [4.69, 9.17) is 25.8 Å². The minimum absolute atomic E-state index is 0.00407. The predicted octanol–water partition coefficient (Wildman–Crippen LogP) is 6.93. The molecular weight excluding hydrogens is 646 g/mol. The van der Waals surface area contributed by atoms with E-state index in [1.165, 1.54) is 7.11 Å². The Morgan fingerprint density at radius 2 is 1.93 bits per heavy atom. The minimum atomic E-state index is -0.639. The monoisotopic (exact) mass is 668 g/mol. The van der Waals surface area contributed by atoms with Gasteiger partial charge in [-0.05, 0) is 76.4 Å². The van der Waals surface area contributed by atoms with Gasteiger partial charge < -0.3 is 18.8 Å². The lowest BCUT2D eigenvalue weighted by atomic mass is 10.0.